The number of aromatic nitrogens is 1. The molecule has 1 aromatic carbocycles. The summed E-state index contributed by atoms with van der Waals surface area (Å²) in [6.07, 6.45) is 2.27. The fourth-order valence-corrected chi connectivity index (χ4v) is 2.12. The van der Waals surface area contributed by atoms with E-state index < -0.39 is 0 Å². The van der Waals surface area contributed by atoms with Crippen LogP contribution in [0, 0.1) is 0 Å². The number of hydrogen-bond donors (Lipinski definition) is 2. The van der Waals surface area contributed by atoms with Crippen LogP contribution in [-0.4, -0.2) is 18.1 Å². The molecule has 0 saturated carbocycles. The highest BCUT2D eigenvalue weighted by Crippen LogP contribution is 2.23. The summed E-state index contributed by atoms with van der Waals surface area (Å²) < 4.78 is 0. The number of para-hydroxylation sites is 1. The zero-order chi connectivity index (χ0) is 13.5. The molecule has 0 unspecified atom stereocenters. The fraction of sp³-hybridized carbons (Fsp3) is 0.438. The highest BCUT2D eigenvalue weighted by molar-refractivity contribution is 5.91. The molecule has 0 spiro atoms. The van der Waals surface area contributed by atoms with E-state index in [0.717, 1.165) is 43.7 Å². The number of benzene rings is 1. The minimum atomic E-state index is 0.833. The molecule has 0 aliphatic heterocycles. The summed E-state index contributed by atoms with van der Waals surface area (Å²) >= 11 is 0. The first-order chi connectivity index (χ1) is 9.35. The number of pyridine rings is 1. The number of anilines is 1. The SMILES string of the molecule is CCCNCc1cc(NCCC)c2ccccc2n1. The lowest BCUT2D eigenvalue weighted by molar-refractivity contribution is 0.666. The number of rotatable bonds is 7. The maximum absolute atomic E-state index is 4.71. The Hall–Kier alpha value is -1.61. The summed E-state index contributed by atoms with van der Waals surface area (Å²) in [4.78, 5) is 4.71. The summed E-state index contributed by atoms with van der Waals surface area (Å²) in [6.45, 7) is 7.22. The largest absolute Gasteiger partial charge is 0.384 e. The third-order valence-corrected chi connectivity index (χ3v) is 3.07. The van der Waals surface area contributed by atoms with Gasteiger partial charge >= 0.3 is 0 Å². The molecule has 1 aromatic heterocycles. The van der Waals surface area contributed by atoms with E-state index in [1.165, 1.54) is 11.1 Å². The van der Waals surface area contributed by atoms with Gasteiger partial charge in [0.1, 0.15) is 0 Å². The van der Waals surface area contributed by atoms with E-state index in [9.17, 15) is 0 Å². The van der Waals surface area contributed by atoms with E-state index in [1.54, 1.807) is 0 Å². The van der Waals surface area contributed by atoms with Gasteiger partial charge in [0.05, 0.1) is 11.2 Å². The maximum Gasteiger partial charge on any atom is 0.0726 e. The zero-order valence-electron chi connectivity index (χ0n) is 11.9. The minimum Gasteiger partial charge on any atom is -0.384 e. The molecule has 2 aromatic rings. The van der Waals surface area contributed by atoms with Gasteiger partial charge in [0.15, 0.2) is 0 Å². The molecule has 0 atom stereocenters. The van der Waals surface area contributed by atoms with E-state index >= 15 is 0 Å². The van der Waals surface area contributed by atoms with Crippen LogP contribution in [0.15, 0.2) is 30.3 Å². The van der Waals surface area contributed by atoms with Gasteiger partial charge in [0.25, 0.3) is 0 Å². The molecular weight excluding hydrogens is 234 g/mol. The highest BCUT2D eigenvalue weighted by atomic mass is 14.9. The average Bonchev–Trinajstić information content (AvgIpc) is 2.45. The molecule has 2 rings (SSSR count). The van der Waals surface area contributed by atoms with E-state index in [0.29, 0.717) is 0 Å². The molecule has 2 N–H and O–H groups in total. The van der Waals surface area contributed by atoms with E-state index in [-0.39, 0.29) is 0 Å². The summed E-state index contributed by atoms with van der Waals surface area (Å²) in [7, 11) is 0. The van der Waals surface area contributed by atoms with Crippen LogP contribution in [0.1, 0.15) is 32.4 Å². The molecule has 0 saturated heterocycles. The van der Waals surface area contributed by atoms with Crippen molar-refractivity contribution in [1.82, 2.24) is 10.3 Å². The van der Waals surface area contributed by atoms with Gasteiger partial charge in [-0.2, -0.15) is 0 Å². The quantitative estimate of drug-likeness (QED) is 0.745. The van der Waals surface area contributed by atoms with Crippen LogP contribution in [0.2, 0.25) is 0 Å². The minimum absolute atomic E-state index is 0.833. The Labute approximate surface area is 115 Å². The van der Waals surface area contributed by atoms with Gasteiger partial charge in [-0.05, 0) is 31.5 Å². The Morgan fingerprint density at radius 3 is 2.63 bits per heavy atom. The van der Waals surface area contributed by atoms with Crippen LogP contribution in [0.4, 0.5) is 5.69 Å². The predicted molar refractivity (Wildman–Crippen MR) is 82.5 cm³/mol. The molecule has 0 amide bonds. The number of nitrogens with zero attached hydrogens (tertiary/aromatic N) is 1. The third-order valence-electron chi connectivity index (χ3n) is 3.07. The average molecular weight is 257 g/mol. The van der Waals surface area contributed by atoms with E-state index in [1.807, 2.05) is 6.07 Å². The van der Waals surface area contributed by atoms with Crippen molar-refractivity contribution in [3.63, 3.8) is 0 Å². The van der Waals surface area contributed by atoms with Crippen molar-refractivity contribution < 1.29 is 0 Å². The number of nitrogens with one attached hydrogen (secondary N) is 2. The normalized spacial score (nSPS) is 10.8. The molecule has 1 heterocycles. The maximum atomic E-state index is 4.71. The first kappa shape index (κ1) is 13.8. The van der Waals surface area contributed by atoms with Crippen molar-refractivity contribution in [2.75, 3.05) is 18.4 Å². The van der Waals surface area contributed by atoms with Crippen LogP contribution in [0.3, 0.4) is 0 Å². The predicted octanol–water partition coefficient (Wildman–Crippen LogP) is 3.56. The Kier molecular flexibility index (Phi) is 5.16. The van der Waals surface area contributed by atoms with E-state index in [2.05, 4.69) is 48.7 Å². The van der Waals surface area contributed by atoms with Crippen molar-refractivity contribution in [1.29, 1.82) is 0 Å². The molecular formula is C16H23N3. The Morgan fingerprint density at radius 1 is 1.05 bits per heavy atom. The zero-order valence-corrected chi connectivity index (χ0v) is 11.9. The van der Waals surface area contributed by atoms with Gasteiger partial charge < -0.3 is 10.6 Å². The topological polar surface area (TPSA) is 37.0 Å². The number of fused-ring (bicyclic) bond motifs is 1. The molecule has 3 heteroatoms. The monoisotopic (exact) mass is 257 g/mol. The molecule has 0 fully saturated rings. The van der Waals surface area contributed by atoms with Gasteiger partial charge in [-0.25, -0.2) is 0 Å². The fourth-order valence-electron chi connectivity index (χ4n) is 2.12. The second-order valence-corrected chi connectivity index (χ2v) is 4.78. The van der Waals surface area contributed by atoms with Crippen LogP contribution in [0.5, 0.6) is 0 Å². The van der Waals surface area contributed by atoms with E-state index in [4.69, 9.17) is 4.98 Å². The van der Waals surface area contributed by atoms with Gasteiger partial charge in [0, 0.05) is 24.2 Å². The van der Waals surface area contributed by atoms with Gasteiger partial charge in [-0.15, -0.1) is 0 Å². The smallest absolute Gasteiger partial charge is 0.0726 e. The summed E-state index contributed by atoms with van der Waals surface area (Å²) in [5, 5.41) is 8.11. The summed E-state index contributed by atoms with van der Waals surface area (Å²) in [5.41, 5.74) is 3.36. The van der Waals surface area contributed by atoms with Crippen LogP contribution in [-0.2, 0) is 6.54 Å². The molecule has 3 nitrogen and oxygen atoms in total. The molecule has 0 aliphatic carbocycles. The molecule has 0 bridgehead atoms. The van der Waals surface area contributed by atoms with Gasteiger partial charge in [-0.3, -0.25) is 4.98 Å². The van der Waals surface area contributed by atoms with Crippen LogP contribution < -0.4 is 10.6 Å². The third kappa shape index (κ3) is 3.67. The standard InChI is InChI=1S/C16H23N3/c1-3-9-17-12-13-11-16(18-10-4-2)14-7-5-6-8-15(14)19-13/h5-8,11,17H,3-4,9-10,12H2,1-2H3,(H,18,19). The van der Waals surface area contributed by atoms with Crippen molar-refractivity contribution in [2.24, 2.45) is 0 Å². The lowest BCUT2D eigenvalue weighted by Gasteiger charge is -2.11. The summed E-state index contributed by atoms with van der Waals surface area (Å²) in [6, 6.07) is 10.5. The van der Waals surface area contributed by atoms with Crippen molar-refractivity contribution in [3.05, 3.63) is 36.0 Å². The van der Waals surface area contributed by atoms with Crippen LogP contribution in [0.25, 0.3) is 10.9 Å². The first-order valence-corrected chi connectivity index (χ1v) is 7.18. The summed E-state index contributed by atoms with van der Waals surface area (Å²) in [5.74, 6) is 0. The molecule has 102 valence electrons. The highest BCUT2D eigenvalue weighted by Gasteiger charge is 2.04. The lowest BCUT2D eigenvalue weighted by atomic mass is 10.1. The van der Waals surface area contributed by atoms with Crippen LogP contribution >= 0.6 is 0 Å². The molecule has 0 radical (unpaired) electrons. The van der Waals surface area contributed by atoms with Crippen molar-refractivity contribution in [2.45, 2.75) is 33.2 Å². The van der Waals surface area contributed by atoms with Gasteiger partial charge in [-0.1, -0.05) is 32.0 Å². The molecule has 0 aliphatic rings. The lowest BCUT2D eigenvalue weighted by Crippen LogP contribution is -2.15. The second-order valence-electron chi connectivity index (χ2n) is 4.78. The Bertz CT molecular complexity index is 522. The van der Waals surface area contributed by atoms with Gasteiger partial charge in [0.2, 0.25) is 0 Å². The Morgan fingerprint density at radius 2 is 1.84 bits per heavy atom. The van der Waals surface area contributed by atoms with Crippen molar-refractivity contribution >= 4 is 16.6 Å². The Balaban J connectivity index is 2.27. The molecule has 19 heavy (non-hydrogen) atoms. The van der Waals surface area contributed by atoms with Crippen molar-refractivity contribution in [3.8, 4) is 0 Å². The second kappa shape index (κ2) is 7.10. The number of hydrogen-bond acceptors (Lipinski definition) is 3. The first-order valence-electron chi connectivity index (χ1n) is 7.18.